The van der Waals surface area contributed by atoms with Gasteiger partial charge in [0.15, 0.2) is 0 Å². The van der Waals surface area contributed by atoms with Crippen LogP contribution in [0.4, 0.5) is 0 Å². The highest BCUT2D eigenvalue weighted by atomic mass is 16.5. The van der Waals surface area contributed by atoms with E-state index in [1.807, 2.05) is 4.90 Å². The number of rotatable bonds is 4. The van der Waals surface area contributed by atoms with Crippen molar-refractivity contribution in [2.45, 2.75) is 45.4 Å². The molecule has 0 aromatic carbocycles. The van der Waals surface area contributed by atoms with Crippen LogP contribution in [0.5, 0.6) is 0 Å². The lowest BCUT2D eigenvalue weighted by molar-refractivity contribution is -0.146. The normalized spacial score (nSPS) is 27.9. The number of hydrogen-bond acceptors (Lipinski definition) is 4. The molecule has 2 rings (SSSR count). The Bertz CT molecular complexity index is 309. The molecule has 5 heteroatoms. The van der Waals surface area contributed by atoms with Crippen LogP contribution < -0.4 is 0 Å². The third kappa shape index (κ3) is 3.91. The first kappa shape index (κ1) is 14.8. The molecular formula is C14H26N2O3. The van der Waals surface area contributed by atoms with Crippen LogP contribution in [0.15, 0.2) is 0 Å². The lowest BCUT2D eigenvalue weighted by Gasteiger charge is -2.39. The van der Waals surface area contributed by atoms with Gasteiger partial charge < -0.3 is 14.4 Å². The van der Waals surface area contributed by atoms with E-state index in [0.717, 1.165) is 26.1 Å². The fourth-order valence-corrected chi connectivity index (χ4v) is 2.86. The minimum Gasteiger partial charge on any atom is -0.375 e. The van der Waals surface area contributed by atoms with Gasteiger partial charge in [-0.25, -0.2) is 0 Å². The molecule has 2 aliphatic rings. The Hall–Kier alpha value is -0.650. The molecule has 2 saturated heterocycles. The molecule has 0 spiro atoms. The smallest absolute Gasteiger partial charge is 0.248 e. The van der Waals surface area contributed by atoms with E-state index in [4.69, 9.17) is 9.47 Å². The molecule has 0 N–H and O–H groups in total. The molecule has 1 amide bonds. The highest BCUT2D eigenvalue weighted by Gasteiger charge is 2.29. The highest BCUT2D eigenvalue weighted by molar-refractivity contribution is 5.78. The van der Waals surface area contributed by atoms with E-state index in [-0.39, 0.29) is 24.7 Å². The van der Waals surface area contributed by atoms with Gasteiger partial charge in [-0.2, -0.15) is 0 Å². The monoisotopic (exact) mass is 270 g/mol. The third-order valence-electron chi connectivity index (χ3n) is 4.06. The maximum absolute atomic E-state index is 11.8. The fourth-order valence-electron chi connectivity index (χ4n) is 2.86. The highest BCUT2D eigenvalue weighted by Crippen LogP contribution is 2.17. The zero-order valence-electron chi connectivity index (χ0n) is 12.3. The molecule has 110 valence electrons. The second kappa shape index (κ2) is 6.68. The number of morpholine rings is 2. The van der Waals surface area contributed by atoms with Crippen LogP contribution >= 0.6 is 0 Å². The van der Waals surface area contributed by atoms with Crippen LogP contribution in [-0.2, 0) is 14.3 Å². The Morgan fingerprint density at radius 2 is 2.05 bits per heavy atom. The van der Waals surface area contributed by atoms with Gasteiger partial charge in [0, 0.05) is 31.7 Å². The maximum Gasteiger partial charge on any atom is 0.248 e. The lowest BCUT2D eigenvalue weighted by Crippen LogP contribution is -2.51. The predicted octanol–water partition coefficient (Wildman–Crippen LogP) is 0.733. The van der Waals surface area contributed by atoms with Gasteiger partial charge in [0.05, 0.1) is 19.3 Å². The van der Waals surface area contributed by atoms with Gasteiger partial charge in [-0.05, 0) is 27.2 Å². The van der Waals surface area contributed by atoms with Crippen LogP contribution in [0.1, 0.15) is 27.2 Å². The molecule has 5 nitrogen and oxygen atoms in total. The summed E-state index contributed by atoms with van der Waals surface area (Å²) in [6.45, 7) is 10.9. The van der Waals surface area contributed by atoms with Gasteiger partial charge in [-0.3, -0.25) is 9.69 Å². The van der Waals surface area contributed by atoms with Gasteiger partial charge in [0.25, 0.3) is 0 Å². The summed E-state index contributed by atoms with van der Waals surface area (Å²) >= 11 is 0. The van der Waals surface area contributed by atoms with E-state index in [1.54, 1.807) is 0 Å². The van der Waals surface area contributed by atoms with Gasteiger partial charge in [-0.1, -0.05) is 0 Å². The van der Waals surface area contributed by atoms with Crippen molar-refractivity contribution < 1.29 is 14.3 Å². The SMILES string of the molecule is CC(C)N1CCOC(CC(C)N2CCOCC2=O)C1. The zero-order chi connectivity index (χ0) is 13.8. The summed E-state index contributed by atoms with van der Waals surface area (Å²) in [5.74, 6) is 0.107. The number of ether oxygens (including phenoxy) is 2. The van der Waals surface area contributed by atoms with Crippen molar-refractivity contribution in [2.24, 2.45) is 0 Å². The maximum atomic E-state index is 11.8. The second-order valence-electron chi connectivity index (χ2n) is 5.81. The minimum absolute atomic E-state index is 0.107. The predicted molar refractivity (Wildman–Crippen MR) is 73.1 cm³/mol. The standard InChI is InChI=1S/C14H26N2O3/c1-11(2)15-4-7-19-13(9-15)8-12(3)16-5-6-18-10-14(16)17/h11-13H,4-10H2,1-3H3. The summed E-state index contributed by atoms with van der Waals surface area (Å²) in [6, 6.07) is 0.792. The summed E-state index contributed by atoms with van der Waals surface area (Å²) in [7, 11) is 0. The summed E-state index contributed by atoms with van der Waals surface area (Å²) < 4.78 is 11.0. The molecule has 0 aromatic rings. The van der Waals surface area contributed by atoms with Crippen molar-refractivity contribution in [2.75, 3.05) is 39.5 Å². The Morgan fingerprint density at radius 3 is 2.74 bits per heavy atom. The van der Waals surface area contributed by atoms with Crippen LogP contribution in [0, 0.1) is 0 Å². The Labute approximate surface area is 115 Å². The molecule has 2 fully saturated rings. The summed E-state index contributed by atoms with van der Waals surface area (Å²) in [5.41, 5.74) is 0. The summed E-state index contributed by atoms with van der Waals surface area (Å²) in [5, 5.41) is 0. The van der Waals surface area contributed by atoms with E-state index >= 15 is 0 Å². The van der Waals surface area contributed by atoms with Crippen molar-refractivity contribution >= 4 is 5.91 Å². The fraction of sp³-hybridized carbons (Fsp3) is 0.929. The van der Waals surface area contributed by atoms with Crippen molar-refractivity contribution in [3.63, 3.8) is 0 Å². The van der Waals surface area contributed by atoms with E-state index < -0.39 is 0 Å². The average molecular weight is 270 g/mol. The number of amides is 1. The summed E-state index contributed by atoms with van der Waals surface area (Å²) in [4.78, 5) is 16.2. The molecule has 0 saturated carbocycles. The van der Waals surface area contributed by atoms with Crippen molar-refractivity contribution in [3.05, 3.63) is 0 Å². The number of nitrogens with zero attached hydrogens (tertiary/aromatic N) is 2. The molecule has 0 aliphatic carbocycles. The van der Waals surface area contributed by atoms with Crippen LogP contribution in [0.2, 0.25) is 0 Å². The topological polar surface area (TPSA) is 42.0 Å². The molecule has 2 unspecified atom stereocenters. The molecule has 2 heterocycles. The quantitative estimate of drug-likeness (QED) is 0.755. The van der Waals surface area contributed by atoms with Gasteiger partial charge in [0.1, 0.15) is 6.61 Å². The van der Waals surface area contributed by atoms with Crippen LogP contribution in [0.3, 0.4) is 0 Å². The Balaban J connectivity index is 1.84. The van der Waals surface area contributed by atoms with E-state index in [1.165, 1.54) is 0 Å². The molecule has 2 atom stereocenters. The van der Waals surface area contributed by atoms with Crippen molar-refractivity contribution in [3.8, 4) is 0 Å². The average Bonchev–Trinajstić information content (AvgIpc) is 2.39. The van der Waals surface area contributed by atoms with Crippen molar-refractivity contribution in [1.82, 2.24) is 9.80 Å². The van der Waals surface area contributed by atoms with Crippen LogP contribution in [0.25, 0.3) is 0 Å². The van der Waals surface area contributed by atoms with E-state index in [2.05, 4.69) is 25.7 Å². The van der Waals surface area contributed by atoms with E-state index in [9.17, 15) is 4.79 Å². The number of carbonyl (C=O) groups is 1. The Kier molecular flexibility index (Phi) is 5.19. The van der Waals surface area contributed by atoms with Gasteiger partial charge >= 0.3 is 0 Å². The first-order chi connectivity index (χ1) is 9.08. The molecule has 0 bridgehead atoms. The molecule has 0 aromatic heterocycles. The molecular weight excluding hydrogens is 244 g/mol. The van der Waals surface area contributed by atoms with Crippen LogP contribution in [-0.4, -0.2) is 73.3 Å². The Morgan fingerprint density at radius 1 is 1.26 bits per heavy atom. The first-order valence-electron chi connectivity index (χ1n) is 7.30. The lowest BCUT2D eigenvalue weighted by atomic mass is 10.1. The number of hydrogen-bond donors (Lipinski definition) is 0. The summed E-state index contributed by atoms with van der Waals surface area (Å²) in [6.07, 6.45) is 1.15. The first-order valence-corrected chi connectivity index (χ1v) is 7.30. The third-order valence-corrected chi connectivity index (χ3v) is 4.06. The van der Waals surface area contributed by atoms with E-state index in [0.29, 0.717) is 19.2 Å². The van der Waals surface area contributed by atoms with Gasteiger partial charge in [0.2, 0.25) is 5.91 Å². The van der Waals surface area contributed by atoms with Gasteiger partial charge in [-0.15, -0.1) is 0 Å². The number of carbonyl (C=O) groups excluding carboxylic acids is 1. The van der Waals surface area contributed by atoms with Crippen molar-refractivity contribution in [1.29, 1.82) is 0 Å². The zero-order valence-corrected chi connectivity index (χ0v) is 12.3. The largest absolute Gasteiger partial charge is 0.375 e. The molecule has 19 heavy (non-hydrogen) atoms. The second-order valence-corrected chi connectivity index (χ2v) is 5.81. The minimum atomic E-state index is 0.107. The molecule has 0 radical (unpaired) electrons. The molecule has 2 aliphatic heterocycles.